The number of benzene rings is 3. The SMILES string of the molecule is CCOC(=O)N1CCC(NS(=O)(=O)c2ccc3cccc(NC(=O)c4ccccc4)c3c2)CC1. The molecule has 0 spiro atoms. The van der Waals surface area contributed by atoms with Crippen molar-refractivity contribution < 1.29 is 22.7 Å². The quantitative estimate of drug-likeness (QED) is 0.554. The van der Waals surface area contributed by atoms with Gasteiger partial charge in [-0.2, -0.15) is 0 Å². The number of hydrogen-bond acceptors (Lipinski definition) is 5. The van der Waals surface area contributed by atoms with E-state index in [0.29, 0.717) is 49.2 Å². The molecule has 0 unspecified atom stereocenters. The monoisotopic (exact) mass is 481 g/mol. The Bertz CT molecular complexity index is 1290. The molecule has 0 atom stereocenters. The largest absolute Gasteiger partial charge is 0.450 e. The van der Waals surface area contributed by atoms with Gasteiger partial charge in [0.15, 0.2) is 0 Å². The first-order valence-electron chi connectivity index (χ1n) is 11.2. The minimum atomic E-state index is -3.79. The molecule has 2 amide bonds. The highest BCUT2D eigenvalue weighted by molar-refractivity contribution is 7.89. The van der Waals surface area contributed by atoms with Gasteiger partial charge in [-0.25, -0.2) is 17.9 Å². The number of likely N-dealkylation sites (tertiary alicyclic amines) is 1. The minimum Gasteiger partial charge on any atom is -0.450 e. The Morgan fingerprint density at radius 3 is 2.44 bits per heavy atom. The van der Waals surface area contributed by atoms with Crippen LogP contribution in [0.3, 0.4) is 0 Å². The van der Waals surface area contributed by atoms with Gasteiger partial charge in [0.05, 0.1) is 11.5 Å². The van der Waals surface area contributed by atoms with Crippen LogP contribution in [0, 0.1) is 0 Å². The second-order valence-corrected chi connectivity index (χ2v) is 9.80. The minimum absolute atomic E-state index is 0.120. The first kappa shape index (κ1) is 23.7. The number of amides is 2. The van der Waals surface area contributed by atoms with E-state index in [9.17, 15) is 18.0 Å². The Balaban J connectivity index is 1.51. The number of hydrogen-bond donors (Lipinski definition) is 2. The van der Waals surface area contributed by atoms with Crippen molar-refractivity contribution in [2.45, 2.75) is 30.7 Å². The van der Waals surface area contributed by atoms with Crippen LogP contribution in [-0.4, -0.2) is 51.1 Å². The molecule has 0 aliphatic carbocycles. The summed E-state index contributed by atoms with van der Waals surface area (Å²) < 4.78 is 34.0. The van der Waals surface area contributed by atoms with E-state index in [4.69, 9.17) is 4.74 Å². The average molecular weight is 482 g/mol. The second-order valence-electron chi connectivity index (χ2n) is 8.09. The van der Waals surface area contributed by atoms with Gasteiger partial charge in [0.25, 0.3) is 5.91 Å². The smallest absolute Gasteiger partial charge is 0.409 e. The van der Waals surface area contributed by atoms with Crippen LogP contribution in [0.2, 0.25) is 0 Å². The summed E-state index contributed by atoms with van der Waals surface area (Å²) in [6, 6.07) is 18.8. The van der Waals surface area contributed by atoms with Crippen LogP contribution < -0.4 is 10.0 Å². The topological polar surface area (TPSA) is 105 Å². The number of sulfonamides is 1. The molecule has 3 aromatic rings. The van der Waals surface area contributed by atoms with Crippen LogP contribution in [0.5, 0.6) is 0 Å². The molecule has 0 bridgehead atoms. The van der Waals surface area contributed by atoms with Gasteiger partial charge in [-0.1, -0.05) is 36.4 Å². The molecule has 1 saturated heterocycles. The maximum absolute atomic E-state index is 13.1. The molecule has 2 N–H and O–H groups in total. The molecule has 34 heavy (non-hydrogen) atoms. The lowest BCUT2D eigenvalue weighted by Gasteiger charge is -2.31. The standard InChI is InChI=1S/C25H27N3O5S/c1-2-33-25(30)28-15-13-20(14-16-28)27-34(31,32)21-12-11-18-9-6-10-23(22(18)17-21)26-24(29)19-7-4-3-5-8-19/h3-12,17,20,27H,2,13-16H2,1H3,(H,26,29). The van der Waals surface area contributed by atoms with E-state index < -0.39 is 10.0 Å². The van der Waals surface area contributed by atoms with E-state index in [1.54, 1.807) is 60.4 Å². The van der Waals surface area contributed by atoms with Crippen molar-refractivity contribution >= 4 is 38.5 Å². The summed E-state index contributed by atoms with van der Waals surface area (Å²) in [6.45, 7) is 2.92. The zero-order valence-electron chi connectivity index (χ0n) is 18.9. The summed E-state index contributed by atoms with van der Waals surface area (Å²) in [5.41, 5.74) is 1.05. The van der Waals surface area contributed by atoms with Crippen LogP contribution in [0.25, 0.3) is 10.8 Å². The van der Waals surface area contributed by atoms with Crippen molar-refractivity contribution in [2.75, 3.05) is 25.0 Å². The molecule has 1 fully saturated rings. The van der Waals surface area contributed by atoms with Gasteiger partial charge in [0.1, 0.15) is 0 Å². The van der Waals surface area contributed by atoms with Gasteiger partial charge >= 0.3 is 6.09 Å². The predicted octanol–water partition coefficient (Wildman–Crippen LogP) is 3.99. The number of nitrogens with zero attached hydrogens (tertiary/aromatic N) is 1. The average Bonchev–Trinajstić information content (AvgIpc) is 2.85. The van der Waals surface area contributed by atoms with E-state index in [0.717, 1.165) is 5.39 Å². The fraction of sp³-hybridized carbons (Fsp3) is 0.280. The maximum Gasteiger partial charge on any atom is 0.409 e. The Kier molecular flexibility index (Phi) is 7.14. The zero-order chi connectivity index (χ0) is 24.1. The molecule has 4 rings (SSSR count). The van der Waals surface area contributed by atoms with Gasteiger partial charge in [-0.15, -0.1) is 0 Å². The number of nitrogens with one attached hydrogen (secondary N) is 2. The van der Waals surface area contributed by atoms with Gasteiger partial charge in [0, 0.05) is 35.8 Å². The zero-order valence-corrected chi connectivity index (χ0v) is 19.7. The molecule has 0 radical (unpaired) electrons. The molecular weight excluding hydrogens is 454 g/mol. The van der Waals surface area contributed by atoms with E-state index in [1.165, 1.54) is 0 Å². The van der Waals surface area contributed by atoms with E-state index in [2.05, 4.69) is 10.0 Å². The van der Waals surface area contributed by atoms with Crippen molar-refractivity contribution in [3.63, 3.8) is 0 Å². The number of ether oxygens (including phenoxy) is 1. The fourth-order valence-electron chi connectivity index (χ4n) is 3.99. The summed E-state index contributed by atoms with van der Waals surface area (Å²) >= 11 is 0. The van der Waals surface area contributed by atoms with E-state index >= 15 is 0 Å². The van der Waals surface area contributed by atoms with Crippen molar-refractivity contribution in [1.29, 1.82) is 0 Å². The number of carbonyl (C=O) groups is 2. The summed E-state index contributed by atoms with van der Waals surface area (Å²) in [7, 11) is -3.79. The van der Waals surface area contributed by atoms with Gasteiger partial charge < -0.3 is 15.0 Å². The van der Waals surface area contributed by atoms with Gasteiger partial charge in [-0.3, -0.25) is 4.79 Å². The van der Waals surface area contributed by atoms with Crippen LogP contribution in [0.15, 0.2) is 71.6 Å². The summed E-state index contributed by atoms with van der Waals surface area (Å²) in [5.74, 6) is -0.271. The summed E-state index contributed by atoms with van der Waals surface area (Å²) in [6.07, 6.45) is 0.636. The highest BCUT2D eigenvalue weighted by Crippen LogP contribution is 2.27. The first-order valence-corrected chi connectivity index (χ1v) is 12.7. The first-order chi connectivity index (χ1) is 16.4. The number of rotatable bonds is 6. The third-order valence-electron chi connectivity index (χ3n) is 5.79. The lowest BCUT2D eigenvalue weighted by Crippen LogP contribution is -2.46. The molecule has 3 aromatic carbocycles. The Hall–Kier alpha value is -3.43. The van der Waals surface area contributed by atoms with Crippen molar-refractivity contribution in [2.24, 2.45) is 0 Å². The molecule has 1 aliphatic heterocycles. The number of carbonyl (C=O) groups excluding carboxylic acids is 2. The lowest BCUT2D eigenvalue weighted by atomic mass is 10.1. The fourth-order valence-corrected chi connectivity index (χ4v) is 5.32. The molecule has 0 aromatic heterocycles. The maximum atomic E-state index is 13.1. The van der Waals surface area contributed by atoms with Crippen LogP contribution in [-0.2, 0) is 14.8 Å². The third-order valence-corrected chi connectivity index (χ3v) is 7.31. The molecule has 1 aliphatic rings. The highest BCUT2D eigenvalue weighted by atomic mass is 32.2. The molecule has 8 nitrogen and oxygen atoms in total. The normalized spacial score (nSPS) is 14.7. The van der Waals surface area contributed by atoms with E-state index in [1.807, 2.05) is 18.2 Å². The van der Waals surface area contributed by atoms with Gasteiger partial charge in [-0.05, 0) is 55.5 Å². The van der Waals surface area contributed by atoms with Crippen LogP contribution in [0.1, 0.15) is 30.1 Å². The number of anilines is 1. The number of fused-ring (bicyclic) bond motifs is 1. The molecule has 1 heterocycles. The van der Waals surface area contributed by atoms with Gasteiger partial charge in [0.2, 0.25) is 10.0 Å². The Morgan fingerprint density at radius 1 is 1.00 bits per heavy atom. The van der Waals surface area contributed by atoms with E-state index in [-0.39, 0.29) is 22.9 Å². The second kappa shape index (κ2) is 10.2. The molecule has 0 saturated carbocycles. The summed E-state index contributed by atoms with van der Waals surface area (Å²) in [4.78, 5) is 26.2. The van der Waals surface area contributed by atoms with Crippen molar-refractivity contribution in [3.05, 3.63) is 72.3 Å². The Labute approximate surface area is 199 Å². The molecule has 9 heteroatoms. The highest BCUT2D eigenvalue weighted by Gasteiger charge is 2.27. The predicted molar refractivity (Wildman–Crippen MR) is 130 cm³/mol. The lowest BCUT2D eigenvalue weighted by molar-refractivity contribution is 0.0964. The molecule has 178 valence electrons. The van der Waals surface area contributed by atoms with Crippen LogP contribution >= 0.6 is 0 Å². The van der Waals surface area contributed by atoms with Crippen molar-refractivity contribution in [3.8, 4) is 0 Å². The summed E-state index contributed by atoms with van der Waals surface area (Å²) in [5, 5.41) is 4.33. The van der Waals surface area contributed by atoms with Crippen molar-refractivity contribution in [1.82, 2.24) is 9.62 Å². The molecular formula is C25H27N3O5S. The Morgan fingerprint density at radius 2 is 1.74 bits per heavy atom. The number of piperidine rings is 1. The third kappa shape index (κ3) is 5.37. The van der Waals surface area contributed by atoms with Crippen LogP contribution in [0.4, 0.5) is 10.5 Å².